The van der Waals surface area contributed by atoms with E-state index in [1.807, 2.05) is 29.6 Å². The molecule has 2 aromatic heterocycles. The lowest BCUT2D eigenvalue weighted by Crippen LogP contribution is -2.10. The average molecular weight is 368 g/mol. The van der Waals surface area contributed by atoms with Crippen LogP contribution in [0.25, 0.3) is 22.2 Å². The summed E-state index contributed by atoms with van der Waals surface area (Å²) in [5.74, 6) is 0.0529. The van der Waals surface area contributed by atoms with Crippen molar-refractivity contribution >= 4 is 33.3 Å². The molecule has 26 heavy (non-hydrogen) atoms. The molecule has 1 N–H and O–H groups in total. The highest BCUT2D eigenvalue weighted by Crippen LogP contribution is 2.27. The number of anilines is 1. The molecule has 0 atom stereocenters. The summed E-state index contributed by atoms with van der Waals surface area (Å²) in [6, 6.07) is 13.1. The van der Waals surface area contributed by atoms with Gasteiger partial charge in [-0.15, -0.1) is 11.3 Å². The van der Waals surface area contributed by atoms with Crippen molar-refractivity contribution < 1.29 is 18.3 Å². The van der Waals surface area contributed by atoms with Crippen LogP contribution in [0.4, 0.5) is 9.52 Å². The highest BCUT2D eigenvalue weighted by molar-refractivity contribution is 7.14. The zero-order chi connectivity index (χ0) is 18.1. The largest absolute Gasteiger partial charge is 0.497 e. The zero-order valence-corrected chi connectivity index (χ0v) is 14.5. The van der Waals surface area contributed by atoms with Crippen LogP contribution in [-0.4, -0.2) is 18.0 Å². The maximum atomic E-state index is 13.2. The highest BCUT2D eigenvalue weighted by atomic mass is 32.1. The third kappa shape index (κ3) is 3.16. The zero-order valence-electron chi connectivity index (χ0n) is 13.7. The van der Waals surface area contributed by atoms with Crippen molar-refractivity contribution in [1.82, 2.24) is 4.98 Å². The van der Waals surface area contributed by atoms with Gasteiger partial charge in [0.1, 0.15) is 17.1 Å². The molecule has 0 bridgehead atoms. The van der Waals surface area contributed by atoms with Gasteiger partial charge in [0.25, 0.3) is 5.91 Å². The summed E-state index contributed by atoms with van der Waals surface area (Å²) in [5.41, 5.74) is 2.12. The molecule has 0 fully saturated rings. The molecule has 7 heteroatoms. The summed E-state index contributed by atoms with van der Waals surface area (Å²) in [7, 11) is 1.61. The fourth-order valence-corrected chi connectivity index (χ4v) is 3.23. The van der Waals surface area contributed by atoms with Crippen LogP contribution < -0.4 is 10.1 Å². The first-order valence-corrected chi connectivity index (χ1v) is 8.61. The van der Waals surface area contributed by atoms with Crippen LogP contribution in [-0.2, 0) is 0 Å². The molecule has 130 valence electrons. The minimum absolute atomic E-state index is 0.104. The molecular weight excluding hydrogens is 355 g/mol. The lowest BCUT2D eigenvalue weighted by atomic mass is 10.2. The van der Waals surface area contributed by atoms with E-state index in [0.717, 1.165) is 17.0 Å². The van der Waals surface area contributed by atoms with Gasteiger partial charge >= 0.3 is 0 Å². The number of aromatic nitrogens is 1. The van der Waals surface area contributed by atoms with E-state index in [-0.39, 0.29) is 11.6 Å². The van der Waals surface area contributed by atoms with Gasteiger partial charge in [-0.3, -0.25) is 10.1 Å². The van der Waals surface area contributed by atoms with Crippen LogP contribution in [0.5, 0.6) is 5.75 Å². The number of furan rings is 1. The van der Waals surface area contributed by atoms with Gasteiger partial charge in [0, 0.05) is 16.3 Å². The van der Waals surface area contributed by atoms with Crippen LogP contribution in [0.15, 0.2) is 58.3 Å². The Bertz CT molecular complexity index is 1090. The van der Waals surface area contributed by atoms with Gasteiger partial charge in [0.05, 0.1) is 12.8 Å². The van der Waals surface area contributed by atoms with Crippen molar-refractivity contribution in [2.75, 3.05) is 12.4 Å². The number of nitrogens with one attached hydrogen (secondary N) is 1. The fraction of sp³-hybridized carbons (Fsp3) is 0.0526. The third-order valence-corrected chi connectivity index (χ3v) is 4.57. The quantitative estimate of drug-likeness (QED) is 0.553. The Labute approximate surface area is 152 Å². The molecule has 0 radical (unpaired) electrons. The number of benzene rings is 2. The minimum Gasteiger partial charge on any atom is -0.497 e. The molecule has 2 aromatic carbocycles. The summed E-state index contributed by atoms with van der Waals surface area (Å²) in [4.78, 5) is 16.8. The lowest BCUT2D eigenvalue weighted by Gasteiger charge is -2.00. The number of thiazole rings is 1. The lowest BCUT2D eigenvalue weighted by molar-refractivity contribution is 0.0998. The van der Waals surface area contributed by atoms with Gasteiger partial charge in [0.15, 0.2) is 10.9 Å². The van der Waals surface area contributed by atoms with Crippen molar-refractivity contribution in [2.24, 2.45) is 0 Å². The van der Waals surface area contributed by atoms with E-state index in [0.29, 0.717) is 16.1 Å². The van der Waals surface area contributed by atoms with Crippen molar-refractivity contribution in [3.8, 4) is 17.0 Å². The van der Waals surface area contributed by atoms with Gasteiger partial charge in [-0.1, -0.05) is 0 Å². The second-order valence-electron chi connectivity index (χ2n) is 5.51. The number of rotatable bonds is 4. The third-order valence-electron chi connectivity index (χ3n) is 3.81. The smallest absolute Gasteiger partial charge is 0.293 e. The average Bonchev–Trinajstić information content (AvgIpc) is 3.28. The van der Waals surface area contributed by atoms with Crippen molar-refractivity contribution in [2.45, 2.75) is 0 Å². The number of nitrogens with zero attached hydrogens (tertiary/aromatic N) is 1. The molecule has 0 spiro atoms. The molecule has 2 heterocycles. The minimum atomic E-state index is -0.433. The fourth-order valence-electron chi connectivity index (χ4n) is 2.51. The summed E-state index contributed by atoms with van der Waals surface area (Å²) in [6.07, 6.45) is 0. The Morgan fingerprint density at radius 1 is 1.19 bits per heavy atom. The molecule has 4 rings (SSSR count). The number of amides is 1. The summed E-state index contributed by atoms with van der Waals surface area (Å²) in [6.45, 7) is 0. The Morgan fingerprint density at radius 2 is 2.00 bits per heavy atom. The van der Waals surface area contributed by atoms with Crippen LogP contribution >= 0.6 is 11.3 Å². The molecule has 1 amide bonds. The predicted octanol–water partition coefficient (Wildman–Crippen LogP) is 4.96. The molecule has 5 nitrogen and oxygen atoms in total. The van der Waals surface area contributed by atoms with Crippen LogP contribution in [0.2, 0.25) is 0 Å². The molecule has 0 aliphatic carbocycles. The first-order chi connectivity index (χ1) is 12.6. The van der Waals surface area contributed by atoms with Gasteiger partial charge in [-0.25, -0.2) is 9.37 Å². The van der Waals surface area contributed by atoms with E-state index >= 15 is 0 Å². The van der Waals surface area contributed by atoms with Crippen LogP contribution in [0.1, 0.15) is 10.6 Å². The summed E-state index contributed by atoms with van der Waals surface area (Å²) >= 11 is 1.31. The van der Waals surface area contributed by atoms with E-state index < -0.39 is 5.91 Å². The van der Waals surface area contributed by atoms with Gasteiger partial charge < -0.3 is 9.15 Å². The van der Waals surface area contributed by atoms with Crippen LogP contribution in [0.3, 0.4) is 0 Å². The maximum Gasteiger partial charge on any atom is 0.293 e. The normalized spacial score (nSPS) is 10.8. The van der Waals surface area contributed by atoms with Crippen molar-refractivity contribution in [3.05, 3.63) is 65.5 Å². The number of hydrogen-bond donors (Lipinski definition) is 1. The van der Waals surface area contributed by atoms with Gasteiger partial charge in [-0.05, 0) is 48.5 Å². The van der Waals surface area contributed by atoms with E-state index in [4.69, 9.17) is 9.15 Å². The number of fused-ring (bicyclic) bond motifs is 1. The Kier molecular flexibility index (Phi) is 4.14. The number of ether oxygens (including phenoxy) is 1. The Balaban J connectivity index is 1.53. The summed E-state index contributed by atoms with van der Waals surface area (Å²) in [5, 5.41) is 5.54. The molecular formula is C19H13FN2O3S. The molecule has 0 unspecified atom stereocenters. The van der Waals surface area contributed by atoms with E-state index in [1.54, 1.807) is 7.11 Å². The first-order valence-electron chi connectivity index (χ1n) is 7.73. The van der Waals surface area contributed by atoms with Gasteiger partial charge in [0.2, 0.25) is 0 Å². The number of carbonyl (C=O) groups excluding carboxylic acids is 1. The van der Waals surface area contributed by atoms with E-state index in [9.17, 15) is 9.18 Å². The maximum absolute atomic E-state index is 13.2. The predicted molar refractivity (Wildman–Crippen MR) is 98.2 cm³/mol. The summed E-state index contributed by atoms with van der Waals surface area (Å²) < 4.78 is 23.8. The molecule has 4 aromatic rings. The standard InChI is InChI=1S/C19H13FN2O3S/c1-24-14-5-2-11(3-6-14)15-10-26-19(21-15)22-18(23)17-9-12-8-13(20)4-7-16(12)25-17/h2-10H,1H3,(H,21,22,23). The Hall–Kier alpha value is -3.19. The number of methoxy groups -OCH3 is 1. The van der Waals surface area contributed by atoms with Crippen molar-refractivity contribution in [3.63, 3.8) is 0 Å². The second kappa shape index (κ2) is 6.61. The number of hydrogen-bond acceptors (Lipinski definition) is 5. The monoisotopic (exact) mass is 368 g/mol. The molecule has 0 aliphatic heterocycles. The molecule has 0 aliphatic rings. The second-order valence-corrected chi connectivity index (χ2v) is 6.37. The van der Waals surface area contributed by atoms with E-state index in [1.165, 1.54) is 35.6 Å². The highest BCUT2D eigenvalue weighted by Gasteiger charge is 2.15. The topological polar surface area (TPSA) is 64.4 Å². The molecule has 0 saturated carbocycles. The molecule has 0 saturated heterocycles. The SMILES string of the molecule is COc1ccc(-c2csc(NC(=O)c3cc4cc(F)ccc4o3)n2)cc1. The van der Waals surface area contributed by atoms with Crippen molar-refractivity contribution in [1.29, 1.82) is 0 Å². The van der Waals surface area contributed by atoms with Crippen LogP contribution in [0, 0.1) is 5.82 Å². The number of carbonyl (C=O) groups is 1. The first kappa shape index (κ1) is 16.3. The number of halogens is 1. The van der Waals surface area contributed by atoms with E-state index in [2.05, 4.69) is 10.3 Å². The van der Waals surface area contributed by atoms with Gasteiger partial charge in [-0.2, -0.15) is 0 Å². The Morgan fingerprint density at radius 3 is 2.77 bits per heavy atom.